The average Bonchev–Trinajstić information content (AvgIpc) is 3.22. The third kappa shape index (κ3) is 4.63. The van der Waals surface area contributed by atoms with Gasteiger partial charge in [0.15, 0.2) is 23.0 Å². The molecule has 0 fully saturated rings. The monoisotopic (exact) mass is 710 g/mol. The summed E-state index contributed by atoms with van der Waals surface area (Å²) in [6, 6.07) is 41.7. The maximum absolute atomic E-state index is 11.7. The molecular formula is C46H30O8. The van der Waals surface area contributed by atoms with Crippen molar-refractivity contribution in [2.24, 2.45) is 0 Å². The molecule has 0 spiro atoms. The van der Waals surface area contributed by atoms with Crippen molar-refractivity contribution in [3.8, 4) is 90.5 Å². The summed E-state index contributed by atoms with van der Waals surface area (Å²) in [4.78, 5) is 0. The summed E-state index contributed by atoms with van der Waals surface area (Å²) in [6.07, 6.45) is 0. The van der Waals surface area contributed by atoms with Gasteiger partial charge in [-0.2, -0.15) is 0 Å². The molecule has 0 bridgehead atoms. The predicted octanol–water partition coefficient (Wildman–Crippen LogP) is 10.6. The van der Waals surface area contributed by atoms with Crippen LogP contribution in [0.3, 0.4) is 0 Å². The molecule has 0 aromatic heterocycles. The highest BCUT2D eigenvalue weighted by Gasteiger charge is 2.33. The van der Waals surface area contributed by atoms with Crippen LogP contribution in [0.1, 0.15) is 0 Å². The van der Waals surface area contributed by atoms with Crippen LogP contribution in [0.2, 0.25) is 0 Å². The van der Waals surface area contributed by atoms with Gasteiger partial charge < -0.3 is 40.9 Å². The third-order valence-electron chi connectivity index (χ3n) is 10.3. The van der Waals surface area contributed by atoms with Gasteiger partial charge in [0.25, 0.3) is 0 Å². The molecule has 54 heavy (non-hydrogen) atoms. The Morgan fingerprint density at radius 3 is 1.09 bits per heavy atom. The van der Waals surface area contributed by atoms with Gasteiger partial charge in [-0.25, -0.2) is 0 Å². The molecule has 262 valence electrons. The molecule has 8 heteroatoms. The summed E-state index contributed by atoms with van der Waals surface area (Å²) < 4.78 is 0. The first-order chi connectivity index (χ1) is 26.2. The van der Waals surface area contributed by atoms with Crippen molar-refractivity contribution in [3.05, 3.63) is 133 Å². The van der Waals surface area contributed by atoms with E-state index in [2.05, 4.69) is 0 Å². The number of phenols is 8. The Bertz CT molecular complexity index is 2910. The lowest BCUT2D eigenvalue weighted by Crippen LogP contribution is -1.95. The Morgan fingerprint density at radius 1 is 0.259 bits per heavy atom. The Morgan fingerprint density at radius 2 is 0.611 bits per heavy atom. The number of rotatable bonds is 4. The largest absolute Gasteiger partial charge is 0.504 e. The van der Waals surface area contributed by atoms with Gasteiger partial charge in [0.05, 0.1) is 0 Å². The van der Waals surface area contributed by atoms with Gasteiger partial charge >= 0.3 is 0 Å². The summed E-state index contributed by atoms with van der Waals surface area (Å²) >= 11 is 0. The number of phenolic OH excluding ortho intramolecular Hbond substituents is 8. The van der Waals surface area contributed by atoms with Crippen molar-refractivity contribution in [1.82, 2.24) is 0 Å². The number of hydrogen-bond donors (Lipinski definition) is 8. The number of aromatic hydroxyl groups is 8. The molecule has 0 atom stereocenters. The lowest BCUT2D eigenvalue weighted by atomic mass is 9.81. The van der Waals surface area contributed by atoms with E-state index in [1.165, 1.54) is 0 Å². The molecule has 0 aliphatic carbocycles. The zero-order chi connectivity index (χ0) is 37.4. The SMILES string of the molecule is Oc1c(O)c(O)c2c(-c3cc4ccccc4c4ccccc34)c3c(O)c(O)c(O)c(O)c3c(-c3ccc(-c4ccc(-c5ccccc5)cc4)cc3)c2c1O. The zero-order valence-electron chi connectivity index (χ0n) is 28.3. The second-order valence-corrected chi connectivity index (χ2v) is 13.3. The van der Waals surface area contributed by atoms with Crippen LogP contribution >= 0.6 is 0 Å². The van der Waals surface area contributed by atoms with Crippen LogP contribution in [0.4, 0.5) is 0 Å². The number of benzene rings is 9. The van der Waals surface area contributed by atoms with E-state index < -0.39 is 46.0 Å². The van der Waals surface area contributed by atoms with Crippen LogP contribution in [-0.2, 0) is 0 Å². The molecule has 0 amide bonds. The fraction of sp³-hybridized carbons (Fsp3) is 0. The van der Waals surface area contributed by atoms with Crippen molar-refractivity contribution < 1.29 is 40.9 Å². The van der Waals surface area contributed by atoms with E-state index in [1.54, 1.807) is 24.3 Å². The minimum atomic E-state index is -1.02. The van der Waals surface area contributed by atoms with Crippen molar-refractivity contribution in [1.29, 1.82) is 0 Å². The van der Waals surface area contributed by atoms with Crippen molar-refractivity contribution in [2.75, 3.05) is 0 Å². The minimum Gasteiger partial charge on any atom is -0.504 e. The second kappa shape index (κ2) is 12.0. The van der Waals surface area contributed by atoms with E-state index in [9.17, 15) is 40.9 Å². The fourth-order valence-electron chi connectivity index (χ4n) is 7.75. The summed E-state index contributed by atoms with van der Waals surface area (Å²) in [6.45, 7) is 0. The Balaban J connectivity index is 1.39. The van der Waals surface area contributed by atoms with Crippen LogP contribution < -0.4 is 0 Å². The molecule has 8 N–H and O–H groups in total. The molecule has 0 saturated heterocycles. The number of fused-ring (bicyclic) bond motifs is 5. The standard InChI is InChI=1S/C46H30O8/c47-39-35-33(27-20-18-26(19-21-27)25-16-14-24(15-17-25)23-8-2-1-3-9-23)36-38(42(50)46(54)44(52)40(36)48)34(37(35)41(49)45(53)43(39)51)32-22-28-10-4-5-11-29(28)30-12-6-7-13-31(30)32/h1-22,47-54H. The normalized spacial score (nSPS) is 11.6. The minimum absolute atomic E-state index is 0.00651. The van der Waals surface area contributed by atoms with Gasteiger partial charge in [-0.15, -0.1) is 0 Å². The molecule has 0 aliphatic heterocycles. The van der Waals surface area contributed by atoms with Crippen LogP contribution in [0, 0.1) is 0 Å². The topological polar surface area (TPSA) is 162 Å². The van der Waals surface area contributed by atoms with E-state index in [0.717, 1.165) is 38.4 Å². The van der Waals surface area contributed by atoms with Crippen molar-refractivity contribution in [3.63, 3.8) is 0 Å². The van der Waals surface area contributed by atoms with E-state index in [0.29, 0.717) is 16.5 Å². The highest BCUT2D eigenvalue weighted by atomic mass is 16.4. The van der Waals surface area contributed by atoms with Gasteiger partial charge in [-0.3, -0.25) is 0 Å². The second-order valence-electron chi connectivity index (χ2n) is 13.3. The molecule has 0 unspecified atom stereocenters. The summed E-state index contributed by atoms with van der Waals surface area (Å²) in [5.41, 5.74) is 4.58. The summed E-state index contributed by atoms with van der Waals surface area (Å²) in [5.74, 6) is -7.36. The molecule has 0 aliphatic rings. The maximum atomic E-state index is 11.7. The lowest BCUT2D eigenvalue weighted by Gasteiger charge is -2.23. The molecule has 9 aromatic rings. The maximum Gasteiger partial charge on any atom is 0.204 e. The third-order valence-corrected chi connectivity index (χ3v) is 10.3. The van der Waals surface area contributed by atoms with Crippen molar-refractivity contribution in [2.45, 2.75) is 0 Å². The van der Waals surface area contributed by atoms with Gasteiger partial charge in [0, 0.05) is 32.7 Å². The van der Waals surface area contributed by atoms with Gasteiger partial charge in [-0.05, 0) is 61.0 Å². The molecule has 0 heterocycles. The Hall–Kier alpha value is -7.58. The van der Waals surface area contributed by atoms with Crippen LogP contribution in [0.15, 0.2) is 133 Å². The smallest absolute Gasteiger partial charge is 0.204 e. The van der Waals surface area contributed by atoms with E-state index in [-0.39, 0.29) is 32.7 Å². The molecule has 9 aromatic carbocycles. The number of hydrogen-bond acceptors (Lipinski definition) is 8. The summed E-state index contributed by atoms with van der Waals surface area (Å²) in [7, 11) is 0. The van der Waals surface area contributed by atoms with Crippen molar-refractivity contribution >= 4 is 43.1 Å². The molecule has 9 rings (SSSR count). The van der Waals surface area contributed by atoms with Gasteiger partial charge in [0.1, 0.15) is 0 Å². The highest BCUT2D eigenvalue weighted by molar-refractivity contribution is 6.31. The highest BCUT2D eigenvalue weighted by Crippen LogP contribution is 2.62. The van der Waals surface area contributed by atoms with Crippen LogP contribution in [0.25, 0.3) is 87.6 Å². The zero-order valence-corrected chi connectivity index (χ0v) is 28.3. The first-order valence-corrected chi connectivity index (χ1v) is 17.1. The molecular weight excluding hydrogens is 680 g/mol. The first-order valence-electron chi connectivity index (χ1n) is 17.1. The Kier molecular flexibility index (Phi) is 7.19. The summed E-state index contributed by atoms with van der Waals surface area (Å²) in [5, 5.41) is 93.0. The van der Waals surface area contributed by atoms with Crippen LogP contribution in [-0.4, -0.2) is 40.9 Å². The Labute approximate surface area is 307 Å². The quantitative estimate of drug-likeness (QED) is 0.0387. The van der Waals surface area contributed by atoms with E-state index >= 15 is 0 Å². The van der Waals surface area contributed by atoms with E-state index in [1.807, 2.05) is 109 Å². The molecule has 0 saturated carbocycles. The fourth-order valence-corrected chi connectivity index (χ4v) is 7.75. The van der Waals surface area contributed by atoms with E-state index in [4.69, 9.17) is 0 Å². The van der Waals surface area contributed by atoms with Gasteiger partial charge in [0.2, 0.25) is 23.0 Å². The predicted molar refractivity (Wildman–Crippen MR) is 212 cm³/mol. The molecule has 0 radical (unpaired) electrons. The first kappa shape index (κ1) is 32.3. The average molecular weight is 711 g/mol. The molecule has 8 nitrogen and oxygen atoms in total. The lowest BCUT2D eigenvalue weighted by molar-refractivity contribution is 0.350. The van der Waals surface area contributed by atoms with Gasteiger partial charge in [-0.1, -0.05) is 127 Å². The van der Waals surface area contributed by atoms with Crippen LogP contribution in [0.5, 0.6) is 46.0 Å².